The highest BCUT2D eigenvalue weighted by atomic mass is 16.6. The fourth-order valence-corrected chi connectivity index (χ4v) is 4.36. The number of ether oxygens (including phenoxy) is 6. The minimum atomic E-state index is 0.263. The van der Waals surface area contributed by atoms with E-state index in [1.165, 1.54) is 64.2 Å². The smallest absolute Gasteiger partial charge is 0.0840 e. The molecule has 0 radical (unpaired) electrons. The van der Waals surface area contributed by atoms with Crippen LogP contribution in [0.25, 0.3) is 0 Å². The van der Waals surface area contributed by atoms with E-state index in [1.54, 1.807) is 0 Å². The van der Waals surface area contributed by atoms with E-state index in [9.17, 15) is 0 Å². The molecule has 0 heterocycles. The molecule has 2 aliphatic carbocycles. The number of rotatable bonds is 18. The Labute approximate surface area is 184 Å². The first-order chi connectivity index (χ1) is 14.9. The third kappa shape index (κ3) is 12.6. The Morgan fingerprint density at radius 1 is 0.567 bits per heavy atom. The maximum absolute atomic E-state index is 6.54. The van der Waals surface area contributed by atoms with Gasteiger partial charge in [0.25, 0.3) is 0 Å². The van der Waals surface area contributed by atoms with E-state index in [2.05, 4.69) is 0 Å². The van der Waals surface area contributed by atoms with Gasteiger partial charge in [0.2, 0.25) is 0 Å². The fourth-order valence-electron chi connectivity index (χ4n) is 4.36. The van der Waals surface area contributed by atoms with Gasteiger partial charge >= 0.3 is 0 Å². The molecule has 0 aromatic heterocycles. The molecule has 2 rings (SSSR count). The van der Waals surface area contributed by atoms with Crippen molar-refractivity contribution in [1.29, 1.82) is 0 Å². The average Bonchev–Trinajstić information content (AvgIpc) is 2.80. The zero-order chi connectivity index (χ0) is 21.1. The number of hydrogen-bond acceptors (Lipinski definition) is 6. The lowest BCUT2D eigenvalue weighted by Crippen LogP contribution is -2.35. The highest BCUT2D eigenvalue weighted by Gasteiger charge is 2.27. The molecule has 0 aromatic carbocycles. The Morgan fingerprint density at radius 3 is 1.57 bits per heavy atom. The summed E-state index contributed by atoms with van der Waals surface area (Å²) in [4.78, 5) is 0. The first kappa shape index (κ1) is 26.0. The maximum Gasteiger partial charge on any atom is 0.0840 e. The summed E-state index contributed by atoms with van der Waals surface area (Å²) < 4.78 is 34.2. The van der Waals surface area contributed by atoms with Crippen molar-refractivity contribution in [2.75, 3.05) is 66.1 Å². The van der Waals surface area contributed by atoms with Crippen molar-refractivity contribution in [2.45, 2.75) is 83.3 Å². The van der Waals surface area contributed by atoms with E-state index in [0.717, 1.165) is 6.61 Å². The molecule has 0 aliphatic heterocycles. The van der Waals surface area contributed by atoms with Crippen LogP contribution in [0.3, 0.4) is 0 Å². The lowest BCUT2D eigenvalue weighted by Gasteiger charge is -2.34. The third-order valence-electron chi connectivity index (χ3n) is 6.07. The van der Waals surface area contributed by atoms with Crippen molar-refractivity contribution in [2.24, 2.45) is 5.92 Å². The van der Waals surface area contributed by atoms with Gasteiger partial charge in [-0.05, 0) is 38.5 Å². The van der Waals surface area contributed by atoms with E-state index >= 15 is 0 Å². The summed E-state index contributed by atoms with van der Waals surface area (Å²) in [5.74, 6) is 0.672. The van der Waals surface area contributed by atoms with Crippen LogP contribution in [-0.2, 0) is 28.4 Å². The molecule has 0 amide bonds. The van der Waals surface area contributed by atoms with Crippen LogP contribution >= 0.6 is 0 Å². The van der Waals surface area contributed by atoms with Gasteiger partial charge in [-0.3, -0.25) is 0 Å². The largest absolute Gasteiger partial charge is 0.379 e. The highest BCUT2D eigenvalue weighted by Crippen LogP contribution is 2.31. The van der Waals surface area contributed by atoms with Crippen molar-refractivity contribution in [1.82, 2.24) is 0 Å². The average molecular weight is 431 g/mol. The van der Waals surface area contributed by atoms with Gasteiger partial charge < -0.3 is 28.4 Å². The highest BCUT2D eigenvalue weighted by molar-refractivity contribution is 4.77. The summed E-state index contributed by atoms with van der Waals surface area (Å²) in [5.41, 5.74) is 0. The second-order valence-corrected chi connectivity index (χ2v) is 8.44. The maximum atomic E-state index is 6.54. The van der Waals surface area contributed by atoms with Crippen molar-refractivity contribution >= 4 is 0 Å². The van der Waals surface area contributed by atoms with E-state index in [-0.39, 0.29) is 6.10 Å². The van der Waals surface area contributed by atoms with E-state index in [0.29, 0.717) is 71.5 Å². The topological polar surface area (TPSA) is 55.4 Å². The second kappa shape index (κ2) is 18.3. The summed E-state index contributed by atoms with van der Waals surface area (Å²) in [6.07, 6.45) is 13.8. The van der Waals surface area contributed by atoms with Crippen LogP contribution in [0.1, 0.15) is 71.1 Å². The van der Waals surface area contributed by atoms with Gasteiger partial charge in [0.05, 0.1) is 71.7 Å². The van der Waals surface area contributed by atoms with Crippen LogP contribution in [0.5, 0.6) is 0 Å². The van der Waals surface area contributed by atoms with E-state index in [4.69, 9.17) is 28.4 Å². The zero-order valence-corrected chi connectivity index (χ0v) is 19.3. The minimum Gasteiger partial charge on any atom is -0.379 e. The fraction of sp³-hybridized carbons (Fsp3) is 1.00. The van der Waals surface area contributed by atoms with Gasteiger partial charge in [-0.15, -0.1) is 0 Å². The molecule has 0 N–H and O–H groups in total. The monoisotopic (exact) mass is 430 g/mol. The molecule has 0 aromatic rings. The standard InChI is InChI=1S/C24H46O6/c1-2-25-13-14-26-15-16-27-17-18-28-19-20-29-21-24(22-9-5-3-6-10-22)30-23-11-7-4-8-12-23/h22-24H,2-21H2,1H3. The van der Waals surface area contributed by atoms with E-state index in [1.807, 2.05) is 6.92 Å². The van der Waals surface area contributed by atoms with Gasteiger partial charge in [0.15, 0.2) is 0 Å². The van der Waals surface area contributed by atoms with Gasteiger partial charge in [-0.2, -0.15) is 0 Å². The lowest BCUT2D eigenvalue weighted by molar-refractivity contribution is -0.104. The van der Waals surface area contributed by atoms with Crippen LogP contribution in [-0.4, -0.2) is 78.3 Å². The van der Waals surface area contributed by atoms with Gasteiger partial charge in [0, 0.05) is 6.61 Å². The summed E-state index contributed by atoms with van der Waals surface area (Å²) in [7, 11) is 0. The molecule has 0 saturated heterocycles. The van der Waals surface area contributed by atoms with Gasteiger partial charge in [0.1, 0.15) is 0 Å². The summed E-state index contributed by atoms with van der Waals surface area (Å²) in [6, 6.07) is 0. The normalized spacial score (nSPS) is 19.9. The van der Waals surface area contributed by atoms with Crippen LogP contribution in [0.4, 0.5) is 0 Å². The van der Waals surface area contributed by atoms with Crippen molar-refractivity contribution < 1.29 is 28.4 Å². The molecule has 6 nitrogen and oxygen atoms in total. The number of hydrogen-bond donors (Lipinski definition) is 0. The molecule has 0 bridgehead atoms. The molecule has 0 spiro atoms. The van der Waals surface area contributed by atoms with Crippen molar-refractivity contribution in [3.05, 3.63) is 0 Å². The van der Waals surface area contributed by atoms with Crippen molar-refractivity contribution in [3.63, 3.8) is 0 Å². The van der Waals surface area contributed by atoms with Crippen LogP contribution < -0.4 is 0 Å². The molecule has 2 aliphatic rings. The van der Waals surface area contributed by atoms with Gasteiger partial charge in [-0.25, -0.2) is 0 Å². The Morgan fingerprint density at radius 2 is 1.03 bits per heavy atom. The zero-order valence-electron chi connectivity index (χ0n) is 19.3. The SMILES string of the molecule is CCOCCOCCOCCOCCOCC(OC1CCCCC1)C1CCCCC1. The Kier molecular flexibility index (Phi) is 15.9. The minimum absolute atomic E-state index is 0.263. The van der Waals surface area contributed by atoms with E-state index < -0.39 is 0 Å². The van der Waals surface area contributed by atoms with Gasteiger partial charge in [-0.1, -0.05) is 38.5 Å². The third-order valence-corrected chi connectivity index (χ3v) is 6.07. The molecular formula is C24H46O6. The summed E-state index contributed by atoms with van der Waals surface area (Å²) in [5, 5.41) is 0. The molecular weight excluding hydrogens is 384 g/mol. The first-order valence-electron chi connectivity index (χ1n) is 12.4. The predicted octanol–water partition coefficient (Wildman–Crippen LogP) is 4.39. The Bertz CT molecular complexity index is 369. The van der Waals surface area contributed by atoms with Crippen LogP contribution in [0.15, 0.2) is 0 Å². The predicted molar refractivity (Wildman–Crippen MR) is 118 cm³/mol. The molecule has 178 valence electrons. The quantitative estimate of drug-likeness (QED) is 0.301. The summed E-state index contributed by atoms with van der Waals surface area (Å²) >= 11 is 0. The first-order valence-corrected chi connectivity index (χ1v) is 12.4. The molecule has 1 unspecified atom stereocenters. The second-order valence-electron chi connectivity index (χ2n) is 8.44. The molecule has 6 heteroatoms. The molecule has 1 atom stereocenters. The molecule has 30 heavy (non-hydrogen) atoms. The summed E-state index contributed by atoms with van der Waals surface area (Å²) in [6.45, 7) is 8.28. The van der Waals surface area contributed by atoms with Crippen LogP contribution in [0, 0.1) is 5.92 Å². The van der Waals surface area contributed by atoms with Crippen molar-refractivity contribution in [3.8, 4) is 0 Å². The molecule has 2 saturated carbocycles. The lowest BCUT2D eigenvalue weighted by atomic mass is 9.85. The Hall–Kier alpha value is -0.240. The Balaban J connectivity index is 1.45. The molecule has 2 fully saturated rings. The van der Waals surface area contributed by atoms with Crippen LogP contribution in [0.2, 0.25) is 0 Å².